The van der Waals surface area contributed by atoms with Crippen molar-refractivity contribution in [3.8, 4) is 0 Å². The molecule has 6 nitrogen and oxygen atoms in total. The van der Waals surface area contributed by atoms with Gasteiger partial charge in [0.25, 0.3) is 11.5 Å². The van der Waals surface area contributed by atoms with Crippen molar-refractivity contribution in [3.63, 3.8) is 0 Å². The van der Waals surface area contributed by atoms with Crippen LogP contribution in [0.2, 0.25) is 0 Å². The van der Waals surface area contributed by atoms with E-state index >= 15 is 0 Å². The van der Waals surface area contributed by atoms with Gasteiger partial charge in [-0.2, -0.15) is 5.10 Å². The van der Waals surface area contributed by atoms with Crippen molar-refractivity contribution >= 4 is 40.5 Å². The molecule has 3 N–H and O–H groups in total. The maximum absolute atomic E-state index is 12.9. The van der Waals surface area contributed by atoms with Crippen LogP contribution in [0.5, 0.6) is 0 Å². The van der Waals surface area contributed by atoms with Gasteiger partial charge in [0.1, 0.15) is 0 Å². The summed E-state index contributed by atoms with van der Waals surface area (Å²) in [6.45, 7) is 6.33. The third-order valence-corrected chi connectivity index (χ3v) is 4.13. The van der Waals surface area contributed by atoms with Gasteiger partial charge < -0.3 is 11.1 Å². The highest BCUT2D eigenvalue weighted by Gasteiger charge is 2.18. The molecule has 0 saturated carbocycles. The zero-order valence-corrected chi connectivity index (χ0v) is 16.3. The van der Waals surface area contributed by atoms with Gasteiger partial charge in [-0.15, -0.1) is 12.4 Å². The van der Waals surface area contributed by atoms with Crippen molar-refractivity contribution in [2.24, 2.45) is 5.92 Å². The van der Waals surface area contributed by atoms with Gasteiger partial charge in [0.05, 0.1) is 5.39 Å². The molecular weight excluding hydrogens is 364 g/mol. The Kier molecular flexibility index (Phi) is 6.23. The van der Waals surface area contributed by atoms with Gasteiger partial charge in [-0.1, -0.05) is 38.1 Å². The average molecular weight is 387 g/mol. The maximum atomic E-state index is 12.9. The molecule has 0 unspecified atom stereocenters. The lowest BCUT2D eigenvalue weighted by Gasteiger charge is -2.13. The fraction of sp³-hybridized carbons (Fsp3) is 0.250. The lowest BCUT2D eigenvalue weighted by molar-refractivity contribution is 0.102. The summed E-state index contributed by atoms with van der Waals surface area (Å²) in [7, 11) is 0. The first-order valence-electron chi connectivity index (χ1n) is 8.54. The number of aryl methyl sites for hydroxylation is 1. The van der Waals surface area contributed by atoms with E-state index in [9.17, 15) is 9.59 Å². The summed E-state index contributed by atoms with van der Waals surface area (Å²) in [5.41, 5.74) is 7.94. The van der Waals surface area contributed by atoms with Crippen molar-refractivity contribution in [1.82, 2.24) is 9.78 Å². The first-order valence-corrected chi connectivity index (χ1v) is 8.54. The number of hydrogen-bond acceptors (Lipinski definition) is 4. The summed E-state index contributed by atoms with van der Waals surface area (Å²) < 4.78 is 1.37. The average Bonchev–Trinajstić information content (AvgIpc) is 2.60. The van der Waals surface area contributed by atoms with Crippen LogP contribution in [0.4, 0.5) is 11.4 Å². The second-order valence-corrected chi connectivity index (χ2v) is 6.80. The zero-order valence-electron chi connectivity index (χ0n) is 15.5. The summed E-state index contributed by atoms with van der Waals surface area (Å²) in [6, 6.07) is 12.4. The number of nitrogens with one attached hydrogen (secondary N) is 1. The minimum Gasteiger partial charge on any atom is -0.399 e. The van der Waals surface area contributed by atoms with E-state index in [0.29, 0.717) is 28.7 Å². The number of fused-ring (bicyclic) bond motifs is 1. The molecule has 27 heavy (non-hydrogen) atoms. The highest BCUT2D eigenvalue weighted by atomic mass is 35.5. The zero-order chi connectivity index (χ0) is 18.8. The number of rotatable bonds is 4. The Labute approximate surface area is 163 Å². The number of benzene rings is 2. The number of hydrogen-bond donors (Lipinski definition) is 2. The van der Waals surface area contributed by atoms with E-state index < -0.39 is 0 Å². The van der Waals surface area contributed by atoms with Crippen LogP contribution in [0, 0.1) is 12.8 Å². The van der Waals surface area contributed by atoms with E-state index in [1.807, 2.05) is 26.8 Å². The molecule has 0 fully saturated rings. The molecule has 3 aromatic rings. The van der Waals surface area contributed by atoms with Gasteiger partial charge in [-0.05, 0) is 36.6 Å². The second kappa shape index (κ2) is 8.22. The number of aromatic nitrogens is 2. The van der Waals surface area contributed by atoms with Crippen LogP contribution in [0.3, 0.4) is 0 Å². The fourth-order valence-electron chi connectivity index (χ4n) is 2.83. The fourth-order valence-corrected chi connectivity index (χ4v) is 2.83. The topological polar surface area (TPSA) is 90.0 Å². The smallest absolute Gasteiger partial charge is 0.276 e. The van der Waals surface area contributed by atoms with Crippen LogP contribution in [-0.2, 0) is 6.54 Å². The van der Waals surface area contributed by atoms with E-state index in [1.165, 1.54) is 4.68 Å². The second-order valence-electron chi connectivity index (χ2n) is 6.80. The molecule has 2 aromatic carbocycles. The van der Waals surface area contributed by atoms with E-state index in [4.69, 9.17) is 5.73 Å². The Morgan fingerprint density at radius 2 is 1.85 bits per heavy atom. The van der Waals surface area contributed by atoms with Crippen molar-refractivity contribution < 1.29 is 4.79 Å². The molecule has 0 aliphatic rings. The third kappa shape index (κ3) is 4.28. The molecule has 1 heterocycles. The van der Waals surface area contributed by atoms with Crippen molar-refractivity contribution in [1.29, 1.82) is 0 Å². The number of amides is 1. The predicted molar refractivity (Wildman–Crippen MR) is 112 cm³/mol. The molecule has 1 aromatic heterocycles. The standard InChI is InChI=1S/C20H22N4O2.ClH/c1-12(2)11-24-20(26)16-7-5-4-6-15(16)18(23-24)19(25)22-17-10-14(21)9-8-13(17)3;/h4-10,12H,11,21H2,1-3H3,(H,22,25);1H. The SMILES string of the molecule is Cc1ccc(N)cc1NC(=O)c1nn(CC(C)C)c(=O)c2ccccc12.Cl. The summed E-state index contributed by atoms with van der Waals surface area (Å²) in [5.74, 6) is -0.138. The molecule has 0 radical (unpaired) electrons. The largest absolute Gasteiger partial charge is 0.399 e. The van der Waals surface area contributed by atoms with Crippen LogP contribution in [0.1, 0.15) is 29.9 Å². The minimum atomic E-state index is -0.368. The molecule has 0 atom stereocenters. The van der Waals surface area contributed by atoms with Gasteiger partial charge in [0, 0.05) is 23.3 Å². The molecule has 7 heteroatoms. The highest BCUT2D eigenvalue weighted by molar-refractivity contribution is 6.11. The Morgan fingerprint density at radius 3 is 2.52 bits per heavy atom. The molecule has 0 aliphatic heterocycles. The molecule has 3 rings (SSSR count). The Morgan fingerprint density at radius 1 is 1.19 bits per heavy atom. The lowest BCUT2D eigenvalue weighted by atomic mass is 10.1. The van der Waals surface area contributed by atoms with Gasteiger partial charge in [0.2, 0.25) is 0 Å². The van der Waals surface area contributed by atoms with Crippen LogP contribution < -0.4 is 16.6 Å². The maximum Gasteiger partial charge on any atom is 0.276 e. The number of carbonyl (C=O) groups is 1. The molecule has 0 saturated heterocycles. The van der Waals surface area contributed by atoms with Crippen LogP contribution in [0.25, 0.3) is 10.8 Å². The van der Waals surface area contributed by atoms with Crippen LogP contribution in [0.15, 0.2) is 47.3 Å². The van der Waals surface area contributed by atoms with Gasteiger partial charge in [-0.3, -0.25) is 9.59 Å². The summed E-state index contributed by atoms with van der Waals surface area (Å²) in [5, 5.41) is 8.23. The first kappa shape index (κ1) is 20.5. The summed E-state index contributed by atoms with van der Waals surface area (Å²) >= 11 is 0. The van der Waals surface area contributed by atoms with Crippen LogP contribution >= 0.6 is 12.4 Å². The molecule has 142 valence electrons. The number of carbonyl (C=O) groups excluding carboxylic acids is 1. The molecule has 1 amide bonds. The quantitative estimate of drug-likeness (QED) is 0.670. The van der Waals surface area contributed by atoms with Gasteiger partial charge in [-0.25, -0.2) is 4.68 Å². The monoisotopic (exact) mass is 386 g/mol. The first-order chi connectivity index (χ1) is 12.4. The van der Waals surface area contributed by atoms with Gasteiger partial charge in [0.15, 0.2) is 5.69 Å². The van der Waals surface area contributed by atoms with E-state index in [2.05, 4.69) is 10.4 Å². The van der Waals surface area contributed by atoms with Crippen molar-refractivity contribution in [2.75, 3.05) is 11.1 Å². The predicted octanol–water partition coefficient (Wildman–Crippen LogP) is 3.62. The van der Waals surface area contributed by atoms with Gasteiger partial charge >= 0.3 is 0 Å². The Bertz CT molecular complexity index is 1040. The van der Waals surface area contributed by atoms with E-state index in [-0.39, 0.29) is 35.5 Å². The summed E-state index contributed by atoms with van der Waals surface area (Å²) in [6.07, 6.45) is 0. The number of anilines is 2. The lowest BCUT2D eigenvalue weighted by Crippen LogP contribution is -2.29. The third-order valence-electron chi connectivity index (χ3n) is 4.13. The van der Waals surface area contributed by atoms with E-state index in [1.54, 1.807) is 36.4 Å². The molecule has 0 spiro atoms. The van der Waals surface area contributed by atoms with E-state index in [0.717, 1.165) is 5.56 Å². The summed E-state index contributed by atoms with van der Waals surface area (Å²) in [4.78, 5) is 25.6. The highest BCUT2D eigenvalue weighted by Crippen LogP contribution is 2.20. The van der Waals surface area contributed by atoms with Crippen LogP contribution in [-0.4, -0.2) is 15.7 Å². The molecule has 0 aliphatic carbocycles. The van der Waals surface area contributed by atoms with Crippen molar-refractivity contribution in [2.45, 2.75) is 27.3 Å². The number of nitrogens with two attached hydrogens (primary N) is 1. The Balaban J connectivity index is 0.00000261. The molecular formula is C20H23ClN4O2. The Hall–Kier alpha value is -2.86. The molecule has 0 bridgehead atoms. The number of halogens is 1. The number of nitrogen functional groups attached to an aromatic ring is 1. The van der Waals surface area contributed by atoms with Crippen molar-refractivity contribution in [3.05, 3.63) is 64.1 Å². The number of nitrogens with zero attached hydrogens (tertiary/aromatic N) is 2. The minimum absolute atomic E-state index is 0. The normalized spacial score (nSPS) is 10.7.